The maximum Gasteiger partial charge on any atom is 0.165 e. The Morgan fingerprint density at radius 2 is 1.89 bits per heavy atom. The van der Waals surface area contributed by atoms with E-state index in [0.717, 1.165) is 23.2 Å². The fraction of sp³-hybridized carbons (Fsp3) is 0.312. The van der Waals surface area contributed by atoms with Crippen LogP contribution in [-0.4, -0.2) is 10.8 Å². The van der Waals surface area contributed by atoms with Crippen molar-refractivity contribution in [3.63, 3.8) is 0 Å². The summed E-state index contributed by atoms with van der Waals surface area (Å²) >= 11 is 0. The Morgan fingerprint density at radius 1 is 1.11 bits per heavy atom. The Hall–Kier alpha value is -1.83. The lowest BCUT2D eigenvalue weighted by Crippen LogP contribution is -2.19. The number of hydrogen-bond donors (Lipinski definition) is 1. The first-order chi connectivity index (χ1) is 8.66. The van der Waals surface area contributed by atoms with Crippen molar-refractivity contribution in [1.82, 2.24) is 4.98 Å². The Kier molecular flexibility index (Phi) is 2.58. The van der Waals surface area contributed by atoms with Gasteiger partial charge in [-0.1, -0.05) is 24.3 Å². The minimum atomic E-state index is 0.281. The minimum Gasteiger partial charge on any atom is -0.364 e. The molecular weight excluding hydrogens is 222 g/mol. The lowest BCUT2D eigenvalue weighted by Gasteiger charge is -2.23. The third-order valence-corrected chi connectivity index (χ3v) is 3.95. The SMILES string of the molecule is Cc1ccccc1[C@@H]1CC(=O)c2c(C)c[nH]c2C1. The van der Waals surface area contributed by atoms with Crippen LogP contribution >= 0.6 is 0 Å². The van der Waals surface area contributed by atoms with Crippen LogP contribution in [-0.2, 0) is 6.42 Å². The number of aryl methyl sites for hydroxylation is 2. The molecular formula is C16H17NO. The van der Waals surface area contributed by atoms with E-state index >= 15 is 0 Å². The predicted molar refractivity (Wildman–Crippen MR) is 72.1 cm³/mol. The van der Waals surface area contributed by atoms with Gasteiger partial charge in [-0.3, -0.25) is 4.79 Å². The molecule has 92 valence electrons. The highest BCUT2D eigenvalue weighted by molar-refractivity contribution is 6.00. The Labute approximate surface area is 107 Å². The van der Waals surface area contributed by atoms with Crippen molar-refractivity contribution in [2.24, 2.45) is 0 Å². The highest BCUT2D eigenvalue weighted by Gasteiger charge is 2.29. The molecule has 1 aliphatic rings. The molecule has 1 aromatic carbocycles. The minimum absolute atomic E-state index is 0.281. The first kappa shape index (κ1) is 11.3. The monoisotopic (exact) mass is 239 g/mol. The van der Waals surface area contributed by atoms with Crippen LogP contribution in [0.15, 0.2) is 30.5 Å². The van der Waals surface area contributed by atoms with Crippen molar-refractivity contribution in [3.05, 3.63) is 58.4 Å². The Balaban J connectivity index is 2.00. The highest BCUT2D eigenvalue weighted by atomic mass is 16.1. The van der Waals surface area contributed by atoms with Crippen LogP contribution < -0.4 is 0 Å². The topological polar surface area (TPSA) is 32.9 Å². The maximum absolute atomic E-state index is 12.2. The molecule has 2 heteroatoms. The zero-order valence-electron chi connectivity index (χ0n) is 10.8. The molecule has 0 spiro atoms. The molecule has 1 N–H and O–H groups in total. The molecule has 0 amide bonds. The molecule has 0 unspecified atom stereocenters. The Bertz CT molecular complexity index is 609. The number of aromatic amines is 1. The van der Waals surface area contributed by atoms with Crippen molar-refractivity contribution >= 4 is 5.78 Å². The van der Waals surface area contributed by atoms with Crippen molar-refractivity contribution < 1.29 is 4.79 Å². The van der Waals surface area contributed by atoms with Gasteiger partial charge in [0.15, 0.2) is 5.78 Å². The average molecular weight is 239 g/mol. The number of carbonyl (C=O) groups excluding carboxylic acids is 1. The molecule has 18 heavy (non-hydrogen) atoms. The van der Waals surface area contributed by atoms with Gasteiger partial charge in [-0.05, 0) is 42.9 Å². The van der Waals surface area contributed by atoms with Crippen LogP contribution in [0.1, 0.15) is 45.1 Å². The van der Waals surface area contributed by atoms with Crippen LogP contribution in [0.4, 0.5) is 0 Å². The van der Waals surface area contributed by atoms with Crippen molar-refractivity contribution in [2.45, 2.75) is 32.6 Å². The third kappa shape index (κ3) is 1.69. The molecule has 1 heterocycles. The van der Waals surface area contributed by atoms with Gasteiger partial charge >= 0.3 is 0 Å². The van der Waals surface area contributed by atoms with Crippen molar-refractivity contribution in [3.8, 4) is 0 Å². The predicted octanol–water partition coefficient (Wildman–Crippen LogP) is 3.54. The molecule has 1 atom stereocenters. The lowest BCUT2D eigenvalue weighted by atomic mass is 9.80. The molecule has 1 aliphatic carbocycles. The molecule has 0 saturated carbocycles. The number of H-pyrrole nitrogens is 1. The van der Waals surface area contributed by atoms with E-state index in [1.54, 1.807) is 0 Å². The van der Waals surface area contributed by atoms with E-state index in [1.807, 2.05) is 19.2 Å². The van der Waals surface area contributed by atoms with Crippen LogP contribution in [0.2, 0.25) is 0 Å². The first-order valence-corrected chi connectivity index (χ1v) is 6.42. The van der Waals surface area contributed by atoms with E-state index in [9.17, 15) is 4.79 Å². The number of rotatable bonds is 1. The van der Waals surface area contributed by atoms with E-state index in [4.69, 9.17) is 0 Å². The second kappa shape index (κ2) is 4.13. The number of ketones is 1. The van der Waals surface area contributed by atoms with Gasteiger partial charge in [0.25, 0.3) is 0 Å². The summed E-state index contributed by atoms with van der Waals surface area (Å²) < 4.78 is 0. The smallest absolute Gasteiger partial charge is 0.165 e. The van der Waals surface area contributed by atoms with E-state index in [-0.39, 0.29) is 5.78 Å². The molecule has 0 radical (unpaired) electrons. The van der Waals surface area contributed by atoms with Crippen LogP contribution in [0.25, 0.3) is 0 Å². The highest BCUT2D eigenvalue weighted by Crippen LogP contribution is 2.34. The molecule has 0 fully saturated rings. The summed E-state index contributed by atoms with van der Waals surface area (Å²) in [6, 6.07) is 8.37. The number of carbonyl (C=O) groups is 1. The third-order valence-electron chi connectivity index (χ3n) is 3.95. The van der Waals surface area contributed by atoms with Gasteiger partial charge in [0, 0.05) is 23.9 Å². The van der Waals surface area contributed by atoms with E-state index in [1.165, 1.54) is 11.1 Å². The molecule has 0 aliphatic heterocycles. The zero-order chi connectivity index (χ0) is 12.7. The number of fused-ring (bicyclic) bond motifs is 1. The largest absolute Gasteiger partial charge is 0.364 e. The number of Topliss-reactive ketones (excluding diaryl/α,β-unsaturated/α-hetero) is 1. The standard InChI is InChI=1S/C16H17NO/c1-10-5-3-4-6-13(10)12-7-14-16(15(18)8-12)11(2)9-17-14/h3-6,9,12,17H,7-8H2,1-2H3/t12-/m0/s1. The lowest BCUT2D eigenvalue weighted by molar-refractivity contribution is 0.0963. The average Bonchev–Trinajstić information content (AvgIpc) is 2.72. The maximum atomic E-state index is 12.2. The van der Waals surface area contributed by atoms with E-state index in [0.29, 0.717) is 12.3 Å². The second-order valence-corrected chi connectivity index (χ2v) is 5.21. The molecule has 2 nitrogen and oxygen atoms in total. The quantitative estimate of drug-likeness (QED) is 0.811. The second-order valence-electron chi connectivity index (χ2n) is 5.21. The van der Waals surface area contributed by atoms with E-state index < -0.39 is 0 Å². The summed E-state index contributed by atoms with van der Waals surface area (Å²) in [6.07, 6.45) is 3.53. The zero-order valence-corrected chi connectivity index (χ0v) is 10.8. The normalized spacial score (nSPS) is 18.8. The van der Waals surface area contributed by atoms with Gasteiger partial charge in [-0.2, -0.15) is 0 Å². The van der Waals surface area contributed by atoms with Gasteiger partial charge in [-0.25, -0.2) is 0 Å². The number of benzene rings is 1. The summed E-state index contributed by atoms with van der Waals surface area (Å²) in [5, 5.41) is 0. The number of aromatic nitrogens is 1. The van der Waals surface area contributed by atoms with Crippen molar-refractivity contribution in [2.75, 3.05) is 0 Å². The van der Waals surface area contributed by atoms with Gasteiger partial charge in [-0.15, -0.1) is 0 Å². The summed E-state index contributed by atoms with van der Waals surface area (Å²) in [7, 11) is 0. The van der Waals surface area contributed by atoms with Crippen LogP contribution in [0.3, 0.4) is 0 Å². The fourth-order valence-electron chi connectivity index (χ4n) is 3.04. The molecule has 3 rings (SSSR count). The van der Waals surface area contributed by atoms with Gasteiger partial charge in [0.2, 0.25) is 0 Å². The molecule has 1 aromatic heterocycles. The molecule has 2 aromatic rings. The summed E-state index contributed by atoms with van der Waals surface area (Å²) in [5.41, 5.74) is 5.71. The van der Waals surface area contributed by atoms with Crippen molar-refractivity contribution in [1.29, 1.82) is 0 Å². The summed E-state index contributed by atoms with van der Waals surface area (Å²) in [4.78, 5) is 15.5. The summed E-state index contributed by atoms with van der Waals surface area (Å²) in [5.74, 6) is 0.604. The fourth-order valence-corrected chi connectivity index (χ4v) is 3.04. The molecule has 0 saturated heterocycles. The van der Waals surface area contributed by atoms with Gasteiger partial charge in [0.05, 0.1) is 0 Å². The van der Waals surface area contributed by atoms with E-state index in [2.05, 4.69) is 30.1 Å². The Morgan fingerprint density at radius 3 is 2.67 bits per heavy atom. The van der Waals surface area contributed by atoms with Gasteiger partial charge < -0.3 is 4.98 Å². The van der Waals surface area contributed by atoms with Crippen LogP contribution in [0, 0.1) is 13.8 Å². The van der Waals surface area contributed by atoms with Gasteiger partial charge in [0.1, 0.15) is 0 Å². The number of nitrogens with one attached hydrogen (secondary N) is 1. The van der Waals surface area contributed by atoms with Crippen LogP contribution in [0.5, 0.6) is 0 Å². The summed E-state index contributed by atoms with van der Waals surface area (Å²) in [6.45, 7) is 4.12. The molecule has 0 bridgehead atoms. The number of hydrogen-bond acceptors (Lipinski definition) is 1. The first-order valence-electron chi connectivity index (χ1n) is 6.42.